The number of fused-ring (bicyclic) bond motifs is 2. The summed E-state index contributed by atoms with van der Waals surface area (Å²) in [5.74, 6) is -1.20. The highest BCUT2D eigenvalue weighted by molar-refractivity contribution is 8.93. The van der Waals surface area contributed by atoms with Crippen LogP contribution in [0.1, 0.15) is 31.2 Å². The van der Waals surface area contributed by atoms with Crippen LogP contribution in [0.25, 0.3) is 10.8 Å². The molecule has 1 N–H and O–H groups in total. The van der Waals surface area contributed by atoms with E-state index in [2.05, 4.69) is 36.2 Å². The highest BCUT2D eigenvalue weighted by Gasteiger charge is 2.45. The molecular formula is C19H24BrNO2. The van der Waals surface area contributed by atoms with Gasteiger partial charge >= 0.3 is 0 Å². The molecule has 1 saturated heterocycles. The molecule has 2 aromatic rings. The highest BCUT2D eigenvalue weighted by atomic mass is 79.9. The van der Waals surface area contributed by atoms with E-state index in [0.717, 1.165) is 17.4 Å². The first-order valence-corrected chi connectivity index (χ1v) is 8.25. The van der Waals surface area contributed by atoms with Crippen LogP contribution in [-0.2, 0) is 10.5 Å². The summed E-state index contributed by atoms with van der Waals surface area (Å²) in [6, 6.07) is 14.8. The minimum Gasteiger partial charge on any atom is -0.361 e. The van der Waals surface area contributed by atoms with Crippen LogP contribution in [0.2, 0.25) is 0 Å². The molecule has 1 saturated carbocycles. The summed E-state index contributed by atoms with van der Waals surface area (Å²) >= 11 is 0. The molecule has 2 aliphatic rings. The van der Waals surface area contributed by atoms with Crippen LogP contribution in [0.4, 0.5) is 0 Å². The van der Waals surface area contributed by atoms with E-state index in [0.29, 0.717) is 12.6 Å². The predicted molar refractivity (Wildman–Crippen MR) is 97.9 cm³/mol. The molecule has 2 aromatic carbocycles. The summed E-state index contributed by atoms with van der Waals surface area (Å²) in [4.78, 5) is 2.28. The maximum Gasteiger partial charge on any atom is 0.205 e. The van der Waals surface area contributed by atoms with E-state index in [9.17, 15) is 5.11 Å². The zero-order chi connectivity index (χ0) is 15.2. The molecule has 3 nitrogen and oxygen atoms in total. The van der Waals surface area contributed by atoms with E-state index < -0.39 is 5.79 Å². The van der Waals surface area contributed by atoms with E-state index >= 15 is 0 Å². The van der Waals surface area contributed by atoms with Crippen molar-refractivity contribution in [2.24, 2.45) is 0 Å². The average Bonchev–Trinajstić information content (AvgIpc) is 2.54. The monoisotopic (exact) mass is 377 g/mol. The van der Waals surface area contributed by atoms with Crippen molar-refractivity contribution in [1.29, 1.82) is 0 Å². The van der Waals surface area contributed by atoms with Gasteiger partial charge in [-0.3, -0.25) is 4.90 Å². The van der Waals surface area contributed by atoms with Gasteiger partial charge in [0.05, 0.1) is 12.6 Å². The molecule has 0 aromatic heterocycles. The van der Waals surface area contributed by atoms with Gasteiger partial charge in [-0.2, -0.15) is 0 Å². The van der Waals surface area contributed by atoms with E-state index in [1.807, 2.05) is 18.2 Å². The average molecular weight is 378 g/mol. The van der Waals surface area contributed by atoms with Crippen LogP contribution in [0.3, 0.4) is 0 Å². The Morgan fingerprint density at radius 3 is 2.65 bits per heavy atom. The maximum absolute atomic E-state index is 11.1. The Hall–Kier alpha value is -0.940. The summed E-state index contributed by atoms with van der Waals surface area (Å²) in [5, 5.41) is 13.5. The third kappa shape index (κ3) is 3.05. The maximum atomic E-state index is 11.1. The van der Waals surface area contributed by atoms with Gasteiger partial charge in [0.25, 0.3) is 0 Å². The van der Waals surface area contributed by atoms with Crippen LogP contribution in [0.5, 0.6) is 0 Å². The van der Waals surface area contributed by atoms with Gasteiger partial charge in [-0.05, 0) is 36.7 Å². The Balaban J connectivity index is 0.00000156. The SMILES string of the molecule is Br.CN1CC(O)(c2ccc3ccccc3c2)OC2CCCCC21. The number of rotatable bonds is 1. The van der Waals surface area contributed by atoms with Crippen molar-refractivity contribution in [2.45, 2.75) is 43.6 Å². The number of nitrogens with zero attached hydrogens (tertiary/aromatic N) is 1. The Labute approximate surface area is 148 Å². The molecule has 1 aliphatic heterocycles. The number of aliphatic hydroxyl groups is 1. The number of morpholine rings is 1. The van der Waals surface area contributed by atoms with Crippen molar-refractivity contribution in [2.75, 3.05) is 13.6 Å². The number of hydrogen-bond acceptors (Lipinski definition) is 3. The first-order chi connectivity index (χ1) is 10.7. The van der Waals surface area contributed by atoms with Crippen LogP contribution >= 0.6 is 17.0 Å². The lowest BCUT2D eigenvalue weighted by molar-refractivity contribution is -0.293. The van der Waals surface area contributed by atoms with Crippen molar-refractivity contribution in [3.63, 3.8) is 0 Å². The van der Waals surface area contributed by atoms with E-state index in [1.54, 1.807) is 0 Å². The molecule has 3 atom stereocenters. The molecule has 0 bridgehead atoms. The number of ether oxygens (including phenoxy) is 1. The van der Waals surface area contributed by atoms with Crippen molar-refractivity contribution in [3.05, 3.63) is 48.0 Å². The Morgan fingerprint density at radius 2 is 1.83 bits per heavy atom. The van der Waals surface area contributed by atoms with E-state index in [4.69, 9.17) is 4.74 Å². The van der Waals surface area contributed by atoms with Crippen molar-refractivity contribution >= 4 is 27.8 Å². The fraction of sp³-hybridized carbons (Fsp3) is 0.474. The lowest BCUT2D eigenvalue weighted by atomic mass is 9.88. The van der Waals surface area contributed by atoms with Gasteiger partial charge < -0.3 is 9.84 Å². The van der Waals surface area contributed by atoms with Crippen LogP contribution in [-0.4, -0.2) is 35.7 Å². The molecule has 1 heterocycles. The summed E-state index contributed by atoms with van der Waals surface area (Å²) < 4.78 is 6.20. The van der Waals surface area contributed by atoms with E-state index in [-0.39, 0.29) is 23.1 Å². The smallest absolute Gasteiger partial charge is 0.205 e. The summed E-state index contributed by atoms with van der Waals surface area (Å²) in [5.41, 5.74) is 0.863. The standard InChI is InChI=1S/C19H23NO2.BrH/c1-20-13-19(21,22-18-9-5-4-8-17(18)20)16-11-10-14-6-2-3-7-15(14)12-16;/h2-3,6-7,10-12,17-18,21H,4-5,8-9,13H2,1H3;1H. The van der Waals surface area contributed by atoms with Gasteiger partial charge in [-0.15, -0.1) is 17.0 Å². The molecule has 3 unspecified atom stereocenters. The third-order valence-electron chi connectivity index (χ3n) is 5.24. The van der Waals surface area contributed by atoms with Crippen molar-refractivity contribution in [3.8, 4) is 0 Å². The predicted octanol–water partition coefficient (Wildman–Crippen LogP) is 3.84. The van der Waals surface area contributed by atoms with Gasteiger partial charge in [0.15, 0.2) is 0 Å². The van der Waals surface area contributed by atoms with Crippen LogP contribution < -0.4 is 0 Å². The summed E-state index contributed by atoms with van der Waals surface area (Å²) in [6.07, 6.45) is 4.83. The lowest BCUT2D eigenvalue weighted by Crippen LogP contribution is -2.58. The Morgan fingerprint density at radius 1 is 1.09 bits per heavy atom. The number of benzene rings is 2. The molecule has 0 spiro atoms. The normalized spacial score (nSPS) is 31.4. The van der Waals surface area contributed by atoms with E-state index in [1.165, 1.54) is 24.6 Å². The summed E-state index contributed by atoms with van der Waals surface area (Å²) in [6.45, 7) is 0.534. The number of hydrogen-bond donors (Lipinski definition) is 1. The van der Waals surface area contributed by atoms with Crippen molar-refractivity contribution < 1.29 is 9.84 Å². The van der Waals surface area contributed by atoms with Gasteiger partial charge in [0.2, 0.25) is 5.79 Å². The van der Waals surface area contributed by atoms with Gasteiger partial charge in [-0.25, -0.2) is 0 Å². The molecule has 2 fully saturated rings. The van der Waals surface area contributed by atoms with Crippen molar-refractivity contribution in [1.82, 2.24) is 4.90 Å². The molecule has 0 amide bonds. The number of likely N-dealkylation sites (N-methyl/N-ethyl adjacent to an activating group) is 1. The fourth-order valence-corrected chi connectivity index (χ4v) is 4.05. The third-order valence-corrected chi connectivity index (χ3v) is 5.24. The van der Waals surface area contributed by atoms with Gasteiger partial charge in [0, 0.05) is 11.6 Å². The quantitative estimate of drug-likeness (QED) is 0.819. The van der Waals surface area contributed by atoms with Gasteiger partial charge in [0.1, 0.15) is 0 Å². The zero-order valence-electron chi connectivity index (χ0n) is 13.4. The number of β-amino-alcohol motifs (C(OH)–C–C–N with tert-alkyl or cyclic N) is 1. The Bertz CT molecular complexity index is 692. The van der Waals surface area contributed by atoms with Crippen LogP contribution in [0.15, 0.2) is 42.5 Å². The molecule has 4 heteroatoms. The Kier molecular flexibility index (Phi) is 4.79. The minimum atomic E-state index is -1.20. The molecule has 23 heavy (non-hydrogen) atoms. The largest absolute Gasteiger partial charge is 0.361 e. The topological polar surface area (TPSA) is 32.7 Å². The number of halogens is 1. The molecule has 1 aliphatic carbocycles. The molecular weight excluding hydrogens is 354 g/mol. The highest BCUT2D eigenvalue weighted by Crippen LogP contribution is 2.38. The minimum absolute atomic E-state index is 0. The fourth-order valence-electron chi connectivity index (χ4n) is 4.05. The first kappa shape index (κ1) is 16.9. The lowest BCUT2D eigenvalue weighted by Gasteiger charge is -2.49. The zero-order valence-corrected chi connectivity index (χ0v) is 15.2. The molecule has 0 radical (unpaired) electrons. The summed E-state index contributed by atoms with van der Waals surface area (Å²) in [7, 11) is 2.11. The second-order valence-corrected chi connectivity index (χ2v) is 6.77. The first-order valence-electron chi connectivity index (χ1n) is 8.25. The van der Waals surface area contributed by atoms with Crippen LogP contribution in [0, 0.1) is 0 Å². The molecule has 4 rings (SSSR count). The second-order valence-electron chi connectivity index (χ2n) is 6.77. The second kappa shape index (κ2) is 6.52. The van der Waals surface area contributed by atoms with Gasteiger partial charge in [-0.1, -0.05) is 49.2 Å². The molecule has 124 valence electrons.